The third kappa shape index (κ3) is 4.85. The van der Waals surface area contributed by atoms with Crippen LogP contribution < -0.4 is 10.1 Å². The number of fused-ring (bicyclic) bond motifs is 1. The largest absolute Gasteiger partial charge is 0.474 e. The van der Waals surface area contributed by atoms with E-state index in [0.717, 1.165) is 44.0 Å². The van der Waals surface area contributed by atoms with Crippen molar-refractivity contribution in [2.45, 2.75) is 57.1 Å². The van der Waals surface area contributed by atoms with Gasteiger partial charge < -0.3 is 15.0 Å². The van der Waals surface area contributed by atoms with Crippen molar-refractivity contribution >= 4 is 11.7 Å². The molecule has 6 heteroatoms. The molecule has 6 nitrogen and oxygen atoms in total. The summed E-state index contributed by atoms with van der Waals surface area (Å²) in [5.41, 5.74) is 3.74. The van der Waals surface area contributed by atoms with E-state index in [4.69, 9.17) is 4.74 Å². The van der Waals surface area contributed by atoms with Gasteiger partial charge in [-0.25, -0.2) is 9.78 Å². The Kier molecular flexibility index (Phi) is 6.07. The van der Waals surface area contributed by atoms with E-state index in [9.17, 15) is 4.79 Å². The SMILES string of the molecule is O=C(Nc1ccc2c(c1)CCN(C1CCC1)CC2)N1CCC(Oc2ccccn2)CC1. The minimum atomic E-state index is -0.0130. The van der Waals surface area contributed by atoms with Gasteiger partial charge in [-0.2, -0.15) is 0 Å². The standard InChI is InChI=1S/C25H32N4O2/c30-25(29-16-11-23(12-17-29)31-24-6-1-2-13-26-24)27-21-8-7-19-9-14-28(22-4-3-5-22)15-10-20(19)18-21/h1-2,6-8,13,18,22-23H,3-5,9-12,14-17H2,(H,27,30). The Balaban J connectivity index is 1.13. The summed E-state index contributed by atoms with van der Waals surface area (Å²) in [5.74, 6) is 0.659. The highest BCUT2D eigenvalue weighted by Crippen LogP contribution is 2.28. The Bertz CT molecular complexity index is 892. The molecule has 1 N–H and O–H groups in total. The molecule has 0 unspecified atom stereocenters. The molecule has 31 heavy (non-hydrogen) atoms. The fraction of sp³-hybridized carbons (Fsp3) is 0.520. The maximum atomic E-state index is 12.8. The van der Waals surface area contributed by atoms with Gasteiger partial charge in [0.1, 0.15) is 6.10 Å². The number of carbonyl (C=O) groups excluding carboxylic acids is 1. The van der Waals surface area contributed by atoms with Crippen molar-refractivity contribution in [2.24, 2.45) is 0 Å². The number of nitrogens with one attached hydrogen (secondary N) is 1. The Hall–Kier alpha value is -2.60. The number of benzene rings is 1. The number of ether oxygens (including phenoxy) is 1. The first kappa shape index (κ1) is 20.3. The summed E-state index contributed by atoms with van der Waals surface area (Å²) in [5, 5.41) is 3.12. The molecule has 0 bridgehead atoms. The predicted octanol–water partition coefficient (Wildman–Crippen LogP) is 4.11. The molecule has 1 aliphatic carbocycles. The van der Waals surface area contributed by atoms with E-state index in [1.807, 2.05) is 23.1 Å². The highest BCUT2D eigenvalue weighted by molar-refractivity contribution is 5.89. The smallest absolute Gasteiger partial charge is 0.321 e. The summed E-state index contributed by atoms with van der Waals surface area (Å²) in [4.78, 5) is 21.6. The van der Waals surface area contributed by atoms with Crippen molar-refractivity contribution in [1.29, 1.82) is 0 Å². The summed E-state index contributed by atoms with van der Waals surface area (Å²) in [6.07, 6.45) is 9.80. The number of rotatable bonds is 4. The van der Waals surface area contributed by atoms with Crippen molar-refractivity contribution in [1.82, 2.24) is 14.8 Å². The number of hydrogen-bond acceptors (Lipinski definition) is 4. The second-order valence-corrected chi connectivity index (χ2v) is 9.01. The number of hydrogen-bond donors (Lipinski definition) is 1. The van der Waals surface area contributed by atoms with Crippen LogP contribution in [-0.2, 0) is 12.8 Å². The second kappa shape index (κ2) is 9.27. The van der Waals surface area contributed by atoms with Crippen LogP contribution in [0.1, 0.15) is 43.2 Å². The topological polar surface area (TPSA) is 57.7 Å². The Morgan fingerprint density at radius 3 is 2.48 bits per heavy atom. The number of nitrogens with zero attached hydrogens (tertiary/aromatic N) is 3. The molecule has 2 aromatic rings. The fourth-order valence-corrected chi connectivity index (χ4v) is 4.90. The van der Waals surface area contributed by atoms with E-state index < -0.39 is 0 Å². The Morgan fingerprint density at radius 2 is 1.77 bits per heavy atom. The van der Waals surface area contributed by atoms with E-state index in [1.54, 1.807) is 6.20 Å². The van der Waals surface area contributed by atoms with Crippen molar-refractivity contribution in [3.8, 4) is 5.88 Å². The molecule has 0 atom stereocenters. The summed E-state index contributed by atoms with van der Waals surface area (Å²) < 4.78 is 5.94. The molecule has 1 aromatic heterocycles. The van der Waals surface area contributed by atoms with Crippen LogP contribution in [0.25, 0.3) is 0 Å². The number of aromatic nitrogens is 1. The van der Waals surface area contributed by atoms with Gasteiger partial charge in [0.15, 0.2) is 0 Å². The molecule has 1 saturated heterocycles. The van der Waals surface area contributed by atoms with E-state index in [0.29, 0.717) is 19.0 Å². The molecule has 0 radical (unpaired) electrons. The third-order valence-electron chi connectivity index (χ3n) is 7.04. The van der Waals surface area contributed by atoms with Crippen LogP contribution in [0.15, 0.2) is 42.6 Å². The fourth-order valence-electron chi connectivity index (χ4n) is 4.90. The zero-order chi connectivity index (χ0) is 21.0. The number of amides is 2. The third-order valence-corrected chi connectivity index (χ3v) is 7.04. The molecule has 2 aliphatic heterocycles. The molecular weight excluding hydrogens is 388 g/mol. The lowest BCUT2D eigenvalue weighted by atomic mass is 9.91. The van der Waals surface area contributed by atoms with E-state index in [1.165, 1.54) is 36.9 Å². The minimum absolute atomic E-state index is 0.0130. The average molecular weight is 421 g/mol. The number of carbonyl (C=O) groups is 1. The number of anilines is 1. The summed E-state index contributed by atoms with van der Waals surface area (Å²) in [7, 11) is 0. The van der Waals surface area contributed by atoms with Crippen molar-refractivity contribution in [3.05, 3.63) is 53.7 Å². The van der Waals surface area contributed by atoms with Crippen molar-refractivity contribution < 1.29 is 9.53 Å². The zero-order valence-corrected chi connectivity index (χ0v) is 18.1. The van der Waals surface area contributed by atoms with Crippen LogP contribution in [0.5, 0.6) is 5.88 Å². The zero-order valence-electron chi connectivity index (χ0n) is 18.1. The first-order valence-corrected chi connectivity index (χ1v) is 11.7. The van der Waals surface area contributed by atoms with Gasteiger partial charge in [0.2, 0.25) is 5.88 Å². The molecule has 2 amide bonds. The lowest BCUT2D eigenvalue weighted by molar-refractivity contribution is 0.111. The van der Waals surface area contributed by atoms with Crippen LogP contribution >= 0.6 is 0 Å². The molecule has 164 valence electrons. The van der Waals surface area contributed by atoms with E-state index in [2.05, 4.69) is 33.4 Å². The number of pyridine rings is 1. The van der Waals surface area contributed by atoms with Gasteiger partial charge in [0.05, 0.1) is 0 Å². The van der Waals surface area contributed by atoms with E-state index in [-0.39, 0.29) is 12.1 Å². The van der Waals surface area contributed by atoms with Gasteiger partial charge in [-0.1, -0.05) is 18.6 Å². The van der Waals surface area contributed by atoms with Gasteiger partial charge in [-0.05, 0) is 55.0 Å². The maximum absolute atomic E-state index is 12.8. The van der Waals surface area contributed by atoms with Crippen LogP contribution in [0.2, 0.25) is 0 Å². The normalized spacial score (nSPS) is 20.5. The minimum Gasteiger partial charge on any atom is -0.474 e. The van der Waals surface area contributed by atoms with Crippen LogP contribution in [0, 0.1) is 0 Å². The van der Waals surface area contributed by atoms with Gasteiger partial charge in [-0.15, -0.1) is 0 Å². The first-order valence-electron chi connectivity index (χ1n) is 11.7. The molecule has 3 aliphatic rings. The van der Waals surface area contributed by atoms with Gasteiger partial charge in [-0.3, -0.25) is 4.90 Å². The second-order valence-electron chi connectivity index (χ2n) is 9.01. The van der Waals surface area contributed by atoms with Crippen molar-refractivity contribution in [2.75, 3.05) is 31.5 Å². The molecular formula is C25H32N4O2. The van der Waals surface area contributed by atoms with Crippen LogP contribution in [-0.4, -0.2) is 59.1 Å². The quantitative estimate of drug-likeness (QED) is 0.809. The summed E-state index contributed by atoms with van der Waals surface area (Å²) in [6, 6.07) is 12.9. The lowest BCUT2D eigenvalue weighted by Gasteiger charge is -2.36. The molecule has 2 fully saturated rings. The highest BCUT2D eigenvalue weighted by atomic mass is 16.5. The van der Waals surface area contributed by atoms with Crippen molar-refractivity contribution in [3.63, 3.8) is 0 Å². The lowest BCUT2D eigenvalue weighted by Crippen LogP contribution is -2.43. The van der Waals surface area contributed by atoms with Gasteiger partial charge in [0, 0.05) is 63.0 Å². The molecule has 5 rings (SSSR count). The monoisotopic (exact) mass is 420 g/mol. The maximum Gasteiger partial charge on any atom is 0.321 e. The molecule has 0 spiro atoms. The van der Waals surface area contributed by atoms with E-state index >= 15 is 0 Å². The first-order chi connectivity index (χ1) is 15.2. The molecule has 3 heterocycles. The van der Waals surface area contributed by atoms with Gasteiger partial charge in [0.25, 0.3) is 0 Å². The number of piperidine rings is 1. The Labute approximate surface area is 184 Å². The average Bonchev–Trinajstić information content (AvgIpc) is 2.96. The number of urea groups is 1. The number of likely N-dealkylation sites (tertiary alicyclic amines) is 1. The predicted molar refractivity (Wildman–Crippen MR) is 122 cm³/mol. The van der Waals surface area contributed by atoms with Gasteiger partial charge >= 0.3 is 6.03 Å². The van der Waals surface area contributed by atoms with Crippen LogP contribution in [0.3, 0.4) is 0 Å². The van der Waals surface area contributed by atoms with Crippen LogP contribution in [0.4, 0.5) is 10.5 Å². The summed E-state index contributed by atoms with van der Waals surface area (Å²) in [6.45, 7) is 3.70. The summed E-state index contributed by atoms with van der Waals surface area (Å²) >= 11 is 0. The Morgan fingerprint density at radius 1 is 0.968 bits per heavy atom. The molecule has 1 aromatic carbocycles. The highest BCUT2D eigenvalue weighted by Gasteiger charge is 2.27. The molecule has 1 saturated carbocycles.